The van der Waals surface area contributed by atoms with E-state index in [1.165, 1.54) is 6.07 Å². The Labute approximate surface area is 139 Å². The van der Waals surface area contributed by atoms with Crippen molar-refractivity contribution in [2.24, 2.45) is 0 Å². The minimum Gasteiger partial charge on any atom is -0.206 e. The van der Waals surface area contributed by atoms with Crippen LogP contribution in [0, 0.1) is 11.6 Å². The van der Waals surface area contributed by atoms with Crippen molar-refractivity contribution in [2.45, 2.75) is 0 Å². The third-order valence-electron chi connectivity index (χ3n) is 2.91. The van der Waals surface area contributed by atoms with Gasteiger partial charge in [0.15, 0.2) is 5.82 Å². The molecule has 2 aromatic carbocycles. The molecule has 0 spiro atoms. The van der Waals surface area contributed by atoms with E-state index < -0.39 is 11.6 Å². The second kappa shape index (κ2) is 5.83. The second-order valence-electron chi connectivity index (χ2n) is 4.29. The molecule has 0 atom stereocenters. The first kappa shape index (κ1) is 15.2. The van der Waals surface area contributed by atoms with Gasteiger partial charge in [0, 0.05) is 0 Å². The van der Waals surface area contributed by atoms with Gasteiger partial charge in [-0.15, -0.1) is 5.10 Å². The molecule has 0 bridgehead atoms. The second-order valence-corrected chi connectivity index (χ2v) is 5.41. The minimum atomic E-state index is -0.786. The molecule has 0 unspecified atom stereocenters. The summed E-state index contributed by atoms with van der Waals surface area (Å²) in [5.41, 5.74) is -0.00374. The lowest BCUT2D eigenvalue weighted by molar-refractivity contribution is 0.587. The van der Waals surface area contributed by atoms with Gasteiger partial charge in [0.2, 0.25) is 5.28 Å². The number of aromatic nitrogens is 3. The molecular weight excluding hydrogens is 355 g/mol. The number of rotatable bonds is 2. The average molecular weight is 361 g/mol. The topological polar surface area (TPSA) is 30.7 Å². The molecule has 0 aliphatic heterocycles. The van der Waals surface area contributed by atoms with Gasteiger partial charge in [0.1, 0.15) is 11.6 Å². The monoisotopic (exact) mass is 359 g/mol. The van der Waals surface area contributed by atoms with Crippen LogP contribution in [0.4, 0.5) is 8.78 Å². The van der Waals surface area contributed by atoms with Crippen molar-refractivity contribution in [3.8, 4) is 17.1 Å². The zero-order chi connectivity index (χ0) is 15.9. The average Bonchev–Trinajstić information content (AvgIpc) is 2.83. The van der Waals surface area contributed by atoms with Crippen molar-refractivity contribution in [3.05, 3.63) is 63.4 Å². The molecule has 0 amide bonds. The van der Waals surface area contributed by atoms with Crippen molar-refractivity contribution >= 4 is 34.8 Å². The summed E-state index contributed by atoms with van der Waals surface area (Å²) in [7, 11) is 0. The lowest BCUT2D eigenvalue weighted by Gasteiger charge is -2.05. The largest absolute Gasteiger partial charge is 0.226 e. The summed E-state index contributed by atoms with van der Waals surface area (Å²) in [5, 5.41) is 4.43. The molecule has 0 aliphatic carbocycles. The molecule has 0 aliphatic rings. The molecule has 0 saturated carbocycles. The van der Waals surface area contributed by atoms with Crippen LogP contribution in [0.3, 0.4) is 0 Å². The first-order chi connectivity index (χ1) is 10.5. The van der Waals surface area contributed by atoms with Crippen LogP contribution in [0.2, 0.25) is 15.3 Å². The van der Waals surface area contributed by atoms with Crippen molar-refractivity contribution in [1.29, 1.82) is 0 Å². The van der Waals surface area contributed by atoms with Crippen molar-refractivity contribution < 1.29 is 8.78 Å². The highest BCUT2D eigenvalue weighted by atomic mass is 35.5. The molecule has 0 fully saturated rings. The molecule has 8 heteroatoms. The first-order valence-electron chi connectivity index (χ1n) is 6.00. The van der Waals surface area contributed by atoms with E-state index in [2.05, 4.69) is 10.1 Å². The molecule has 3 rings (SSSR count). The van der Waals surface area contributed by atoms with E-state index in [9.17, 15) is 8.78 Å². The Balaban J connectivity index is 2.18. The minimum absolute atomic E-state index is 0.0955. The molecule has 22 heavy (non-hydrogen) atoms. The number of benzene rings is 2. The van der Waals surface area contributed by atoms with E-state index in [1.807, 2.05) is 0 Å². The summed E-state index contributed by atoms with van der Waals surface area (Å²) in [6.07, 6.45) is 0. The van der Waals surface area contributed by atoms with E-state index >= 15 is 0 Å². The van der Waals surface area contributed by atoms with Gasteiger partial charge >= 0.3 is 0 Å². The number of hydrogen-bond acceptors (Lipinski definition) is 2. The fraction of sp³-hybridized carbons (Fsp3) is 0. The van der Waals surface area contributed by atoms with Crippen molar-refractivity contribution in [3.63, 3.8) is 0 Å². The number of halogens is 5. The van der Waals surface area contributed by atoms with E-state index in [-0.39, 0.29) is 21.7 Å². The van der Waals surface area contributed by atoms with Crippen LogP contribution in [-0.4, -0.2) is 14.8 Å². The highest BCUT2D eigenvalue weighted by Crippen LogP contribution is 2.31. The molecule has 3 nitrogen and oxygen atoms in total. The zero-order valence-corrected chi connectivity index (χ0v) is 13.0. The fourth-order valence-corrected chi connectivity index (χ4v) is 2.50. The van der Waals surface area contributed by atoms with Crippen LogP contribution in [-0.2, 0) is 0 Å². The Hall–Kier alpha value is -1.69. The van der Waals surface area contributed by atoms with Gasteiger partial charge in [-0.1, -0.05) is 35.3 Å². The van der Waals surface area contributed by atoms with Gasteiger partial charge in [0.05, 0.1) is 21.3 Å². The van der Waals surface area contributed by atoms with Crippen LogP contribution in [0.25, 0.3) is 17.1 Å². The molecule has 1 heterocycles. The fourth-order valence-electron chi connectivity index (χ4n) is 1.92. The van der Waals surface area contributed by atoms with Gasteiger partial charge in [0.25, 0.3) is 0 Å². The van der Waals surface area contributed by atoms with E-state index in [1.54, 1.807) is 18.2 Å². The zero-order valence-electron chi connectivity index (χ0n) is 10.7. The van der Waals surface area contributed by atoms with E-state index in [4.69, 9.17) is 34.8 Å². The molecule has 0 N–H and O–H groups in total. The first-order valence-corrected chi connectivity index (χ1v) is 7.13. The summed E-state index contributed by atoms with van der Waals surface area (Å²) >= 11 is 18.0. The van der Waals surface area contributed by atoms with Crippen molar-refractivity contribution in [1.82, 2.24) is 14.8 Å². The third kappa shape index (κ3) is 2.56. The summed E-state index contributed by atoms with van der Waals surface area (Å²) < 4.78 is 28.8. The predicted molar refractivity (Wildman–Crippen MR) is 81.7 cm³/mol. The van der Waals surface area contributed by atoms with Crippen LogP contribution in [0.15, 0.2) is 36.4 Å². The van der Waals surface area contributed by atoms with Crippen LogP contribution in [0.1, 0.15) is 0 Å². The predicted octanol–water partition coefficient (Wildman–Crippen LogP) is 5.17. The molecule has 0 radical (unpaired) electrons. The normalized spacial score (nSPS) is 11.0. The third-order valence-corrected chi connectivity index (χ3v) is 3.97. The van der Waals surface area contributed by atoms with Gasteiger partial charge in [-0.25, -0.2) is 13.5 Å². The summed E-state index contributed by atoms with van der Waals surface area (Å²) in [6.45, 7) is 0. The SMILES string of the molecule is Fc1cccc(F)c1-c1nc(Cl)n(-c2cccc(Cl)c2Cl)n1. The molecule has 1 aromatic heterocycles. The summed E-state index contributed by atoms with van der Waals surface area (Å²) in [4.78, 5) is 3.89. The Kier molecular flexibility index (Phi) is 4.04. The standard InChI is InChI=1S/C14H6Cl3F2N3/c15-7-3-1-6-10(12(7)16)22-14(17)20-13(21-22)11-8(18)4-2-5-9(11)19/h1-6H. The summed E-state index contributed by atoms with van der Waals surface area (Å²) in [5.74, 6) is -1.76. The van der Waals surface area contributed by atoms with Gasteiger partial charge < -0.3 is 0 Å². The number of hydrogen-bond donors (Lipinski definition) is 0. The Bertz CT molecular complexity index is 844. The maximum atomic E-state index is 13.8. The maximum Gasteiger partial charge on any atom is 0.226 e. The number of nitrogens with zero attached hydrogens (tertiary/aromatic N) is 3. The van der Waals surface area contributed by atoms with Crippen LogP contribution < -0.4 is 0 Å². The van der Waals surface area contributed by atoms with Gasteiger partial charge in [-0.3, -0.25) is 0 Å². The molecule has 0 saturated heterocycles. The van der Waals surface area contributed by atoms with E-state index in [0.29, 0.717) is 10.7 Å². The smallest absolute Gasteiger partial charge is 0.206 e. The molecule has 112 valence electrons. The maximum absolute atomic E-state index is 13.8. The van der Waals surface area contributed by atoms with E-state index in [0.717, 1.165) is 16.8 Å². The van der Waals surface area contributed by atoms with Crippen LogP contribution in [0.5, 0.6) is 0 Å². The lowest BCUT2D eigenvalue weighted by Crippen LogP contribution is -1.99. The molecular formula is C14H6Cl3F2N3. The van der Waals surface area contributed by atoms with Gasteiger partial charge in [-0.2, -0.15) is 4.98 Å². The Morgan fingerprint density at radius 1 is 0.909 bits per heavy atom. The highest BCUT2D eigenvalue weighted by Gasteiger charge is 2.19. The Morgan fingerprint density at radius 2 is 1.55 bits per heavy atom. The van der Waals surface area contributed by atoms with Crippen LogP contribution >= 0.6 is 34.8 Å². The van der Waals surface area contributed by atoms with Crippen molar-refractivity contribution in [2.75, 3.05) is 0 Å². The Morgan fingerprint density at radius 3 is 2.23 bits per heavy atom. The van der Waals surface area contributed by atoms with Gasteiger partial charge in [-0.05, 0) is 35.9 Å². The lowest BCUT2D eigenvalue weighted by atomic mass is 10.2. The highest BCUT2D eigenvalue weighted by molar-refractivity contribution is 6.43. The summed E-state index contributed by atoms with van der Waals surface area (Å²) in [6, 6.07) is 8.32. The molecule has 3 aromatic rings. The quantitative estimate of drug-likeness (QED) is 0.631.